The second kappa shape index (κ2) is 13.6. The van der Waals surface area contributed by atoms with Crippen molar-refractivity contribution in [2.24, 2.45) is 17.8 Å². The molecular formula is C33H53FN4O4. The molecule has 6 rings (SSSR count). The average molecular weight is 589 g/mol. The number of nitrogens with one attached hydrogen (secondary N) is 2. The topological polar surface area (TPSA) is 94.1 Å². The van der Waals surface area contributed by atoms with E-state index in [1.807, 2.05) is 6.20 Å². The lowest BCUT2D eigenvalue weighted by molar-refractivity contribution is -0.208. The Kier molecular flexibility index (Phi) is 9.88. The predicted molar refractivity (Wildman–Crippen MR) is 159 cm³/mol. The predicted octanol–water partition coefficient (Wildman–Crippen LogP) is 3.33. The molecular weight excluding hydrogens is 535 g/mol. The van der Waals surface area contributed by atoms with Gasteiger partial charge in [0.25, 0.3) is 5.91 Å². The molecule has 0 aromatic rings. The van der Waals surface area contributed by atoms with Crippen LogP contribution in [0.1, 0.15) is 89.9 Å². The summed E-state index contributed by atoms with van der Waals surface area (Å²) in [5, 5.41) is 15.6. The van der Waals surface area contributed by atoms with Crippen LogP contribution in [-0.4, -0.2) is 102 Å². The molecule has 6 aliphatic rings. The fourth-order valence-electron chi connectivity index (χ4n) is 9.35. The van der Waals surface area contributed by atoms with Crippen molar-refractivity contribution in [2.45, 2.75) is 132 Å². The molecule has 0 aromatic carbocycles. The molecule has 10 unspecified atom stereocenters. The summed E-state index contributed by atoms with van der Waals surface area (Å²) in [5.74, 6) is 0.237. The highest BCUT2D eigenvalue weighted by atomic mass is 19.1. The number of Topliss-reactive ketones (excluding diaryl/α,β-unsaturated/α-hetero) is 1. The molecule has 0 bridgehead atoms. The quantitative estimate of drug-likeness (QED) is 0.252. The van der Waals surface area contributed by atoms with E-state index in [1.54, 1.807) is 0 Å². The molecule has 5 fully saturated rings. The van der Waals surface area contributed by atoms with Crippen LogP contribution < -0.4 is 10.6 Å². The van der Waals surface area contributed by atoms with Crippen molar-refractivity contribution in [2.75, 3.05) is 33.3 Å². The number of fused-ring (bicyclic) bond motifs is 3. The van der Waals surface area contributed by atoms with Gasteiger partial charge in [0.2, 0.25) is 0 Å². The van der Waals surface area contributed by atoms with Gasteiger partial charge in [0.15, 0.2) is 5.78 Å². The highest BCUT2D eigenvalue weighted by Crippen LogP contribution is 2.50. The van der Waals surface area contributed by atoms with Gasteiger partial charge in [-0.05, 0) is 83.3 Å². The zero-order valence-electron chi connectivity index (χ0n) is 25.5. The van der Waals surface area contributed by atoms with Crippen LogP contribution in [0, 0.1) is 17.8 Å². The van der Waals surface area contributed by atoms with Gasteiger partial charge >= 0.3 is 0 Å². The number of ketones is 1. The van der Waals surface area contributed by atoms with Gasteiger partial charge in [-0.25, -0.2) is 4.39 Å². The van der Waals surface area contributed by atoms with Gasteiger partial charge in [0.05, 0.1) is 35.9 Å². The Labute approximate surface area is 251 Å². The lowest BCUT2D eigenvalue weighted by atomic mass is 9.65. The van der Waals surface area contributed by atoms with Crippen LogP contribution in [0.5, 0.6) is 0 Å². The summed E-state index contributed by atoms with van der Waals surface area (Å²) >= 11 is 0. The molecule has 1 amide bonds. The van der Waals surface area contributed by atoms with Crippen LogP contribution in [0.4, 0.5) is 4.39 Å². The van der Waals surface area contributed by atoms with E-state index in [0.717, 1.165) is 57.9 Å². The van der Waals surface area contributed by atoms with E-state index in [4.69, 9.17) is 9.84 Å². The first kappa shape index (κ1) is 30.5. The minimum atomic E-state index is -1.21. The van der Waals surface area contributed by atoms with Crippen molar-refractivity contribution < 1.29 is 23.8 Å². The van der Waals surface area contributed by atoms with Gasteiger partial charge in [0, 0.05) is 31.3 Å². The maximum Gasteiger partial charge on any atom is 0.256 e. The Morgan fingerprint density at radius 2 is 1.83 bits per heavy atom. The Hall–Kier alpha value is -1.55. The number of rotatable bonds is 11. The van der Waals surface area contributed by atoms with Crippen LogP contribution >= 0.6 is 0 Å². The molecule has 2 saturated heterocycles. The van der Waals surface area contributed by atoms with Crippen LogP contribution in [-0.2, 0) is 14.3 Å². The molecule has 42 heavy (non-hydrogen) atoms. The van der Waals surface area contributed by atoms with Gasteiger partial charge in [-0.3, -0.25) is 9.59 Å². The van der Waals surface area contributed by atoms with E-state index in [1.165, 1.54) is 32.1 Å². The molecule has 3 saturated carbocycles. The zero-order valence-corrected chi connectivity index (χ0v) is 25.5. The van der Waals surface area contributed by atoms with Crippen molar-refractivity contribution in [3.05, 3.63) is 11.8 Å². The Bertz CT molecular complexity index is 995. The molecule has 236 valence electrons. The summed E-state index contributed by atoms with van der Waals surface area (Å²) in [7, 11) is 2.13. The van der Waals surface area contributed by atoms with E-state index in [9.17, 15) is 9.59 Å². The number of ether oxygens (including phenoxy) is 1. The number of carbonyl (C=O) groups is 2. The second-order valence-electron chi connectivity index (χ2n) is 14.1. The Morgan fingerprint density at radius 1 is 1.05 bits per heavy atom. The van der Waals surface area contributed by atoms with Crippen molar-refractivity contribution in [3.63, 3.8) is 0 Å². The second-order valence-corrected chi connectivity index (χ2v) is 14.1. The summed E-state index contributed by atoms with van der Waals surface area (Å²) < 4.78 is 22.8. The SMILES string of the molecule is CN1CCCC1CCNC(=O)C1=CN2C3CC4CCCCC4CC3OC3C(NCCCCCCO)C(F)CC(C1=O)C32. The van der Waals surface area contributed by atoms with Gasteiger partial charge < -0.3 is 30.3 Å². The van der Waals surface area contributed by atoms with Crippen LogP contribution in [0.25, 0.3) is 0 Å². The molecule has 9 heteroatoms. The number of aliphatic hydroxyl groups excluding tert-OH is 1. The number of halogens is 1. The lowest BCUT2D eigenvalue weighted by Crippen LogP contribution is -2.73. The van der Waals surface area contributed by atoms with Gasteiger partial charge in [-0.2, -0.15) is 0 Å². The van der Waals surface area contributed by atoms with Crippen LogP contribution in [0.15, 0.2) is 11.8 Å². The van der Waals surface area contributed by atoms with E-state index in [2.05, 4.69) is 27.5 Å². The zero-order chi connectivity index (χ0) is 29.2. The highest BCUT2D eigenvalue weighted by molar-refractivity contribution is 6.20. The van der Waals surface area contributed by atoms with E-state index in [-0.39, 0.29) is 48.5 Å². The summed E-state index contributed by atoms with van der Waals surface area (Å²) in [5.41, 5.74) is 0.212. The number of likely N-dealkylation sites (tertiary alicyclic amines) is 1. The third-order valence-corrected chi connectivity index (χ3v) is 11.6. The van der Waals surface area contributed by atoms with Gasteiger partial charge in [-0.15, -0.1) is 0 Å². The third-order valence-electron chi connectivity index (χ3n) is 11.6. The number of hydrogen-bond acceptors (Lipinski definition) is 7. The first-order valence-corrected chi connectivity index (χ1v) is 17.1. The first-order valence-electron chi connectivity index (χ1n) is 17.1. The Morgan fingerprint density at radius 3 is 2.60 bits per heavy atom. The average Bonchev–Trinajstić information content (AvgIpc) is 3.40. The number of morpholine rings is 1. The molecule has 10 atom stereocenters. The summed E-state index contributed by atoms with van der Waals surface area (Å²) in [6.45, 7) is 2.55. The smallest absolute Gasteiger partial charge is 0.256 e. The maximum absolute atomic E-state index is 16.0. The van der Waals surface area contributed by atoms with Gasteiger partial charge in [-0.1, -0.05) is 38.5 Å². The van der Waals surface area contributed by atoms with Crippen molar-refractivity contribution in [1.29, 1.82) is 0 Å². The molecule has 0 radical (unpaired) electrons. The minimum absolute atomic E-state index is 0.00271. The highest BCUT2D eigenvalue weighted by Gasteiger charge is 2.59. The maximum atomic E-state index is 16.0. The van der Waals surface area contributed by atoms with Crippen molar-refractivity contribution in [1.82, 2.24) is 20.4 Å². The number of carbonyl (C=O) groups excluding carboxylic acids is 2. The van der Waals surface area contributed by atoms with E-state index >= 15 is 4.39 Å². The van der Waals surface area contributed by atoms with Crippen molar-refractivity contribution in [3.8, 4) is 0 Å². The number of hydrogen-bond donors (Lipinski definition) is 3. The van der Waals surface area contributed by atoms with Crippen LogP contribution in [0.3, 0.4) is 0 Å². The monoisotopic (exact) mass is 588 g/mol. The summed E-state index contributed by atoms with van der Waals surface area (Å²) in [4.78, 5) is 32.0. The first-order chi connectivity index (χ1) is 20.5. The Balaban J connectivity index is 1.21. The molecule has 0 spiro atoms. The van der Waals surface area contributed by atoms with Crippen LogP contribution in [0.2, 0.25) is 0 Å². The molecule has 3 aliphatic heterocycles. The standard InChI is InChI=1S/C33H53FN4O4/c1-37-15-8-11-23(37)12-14-36-33(41)25-20-38-27-17-21-9-4-5-10-22(21)18-28(27)42-32-29(35-13-6-2-3-7-16-39)26(34)19-24(30(32)38)31(25)40/h20-24,26-30,32,35,39H,2-19H2,1H3,(H,36,41). The van der Waals surface area contributed by atoms with E-state index < -0.39 is 24.2 Å². The minimum Gasteiger partial charge on any atom is -0.396 e. The van der Waals surface area contributed by atoms with Gasteiger partial charge in [0.1, 0.15) is 6.17 Å². The third kappa shape index (κ3) is 6.18. The molecule has 3 heterocycles. The number of unbranched alkanes of at least 4 members (excludes halogenated alkanes) is 3. The van der Waals surface area contributed by atoms with E-state index in [0.29, 0.717) is 31.0 Å². The number of aliphatic hydroxyl groups is 1. The fraction of sp³-hybridized carbons (Fsp3) is 0.879. The fourth-order valence-corrected chi connectivity index (χ4v) is 9.35. The summed E-state index contributed by atoms with van der Waals surface area (Å²) in [6.07, 6.45) is 14.3. The molecule has 8 nitrogen and oxygen atoms in total. The number of amides is 1. The molecule has 3 N–H and O–H groups in total. The largest absolute Gasteiger partial charge is 0.396 e. The molecule has 0 aromatic heterocycles. The summed E-state index contributed by atoms with van der Waals surface area (Å²) in [6, 6.07) is -0.0913. The van der Waals surface area contributed by atoms with Crippen molar-refractivity contribution >= 4 is 11.7 Å². The number of nitrogens with zero attached hydrogens (tertiary/aromatic N) is 2. The number of alkyl halides is 1. The lowest BCUT2D eigenvalue weighted by Gasteiger charge is -2.61. The molecule has 3 aliphatic carbocycles. The normalized spacial score (nSPS) is 39.7.